The van der Waals surface area contributed by atoms with Gasteiger partial charge in [0.2, 0.25) is 5.91 Å². The number of nitrogens with one attached hydrogen (secondary N) is 1. The Morgan fingerprint density at radius 2 is 2.43 bits per heavy atom. The van der Waals surface area contributed by atoms with Crippen molar-refractivity contribution in [3.63, 3.8) is 0 Å². The number of aromatic nitrogens is 2. The zero-order valence-electron chi connectivity index (χ0n) is 12.8. The second-order valence-corrected chi connectivity index (χ2v) is 6.14. The molecule has 2 rings (SSSR count). The van der Waals surface area contributed by atoms with E-state index >= 15 is 0 Å². The smallest absolute Gasteiger partial charge is 0.221 e. The molecule has 0 spiro atoms. The molecule has 1 amide bonds. The fourth-order valence-electron chi connectivity index (χ4n) is 2.59. The third kappa shape index (κ3) is 5.30. The van der Waals surface area contributed by atoms with Crippen molar-refractivity contribution in [2.75, 3.05) is 40.3 Å². The molecular formula is C14H24ClN5O. The topological polar surface area (TPSA) is 53.4 Å². The second kappa shape index (κ2) is 7.77. The molecule has 7 heteroatoms. The molecule has 1 aliphatic heterocycles. The third-order valence-electron chi connectivity index (χ3n) is 3.95. The average molecular weight is 314 g/mol. The minimum absolute atomic E-state index is 0.0893. The van der Waals surface area contributed by atoms with Crippen LogP contribution in [0.3, 0.4) is 0 Å². The first-order valence-corrected chi connectivity index (χ1v) is 7.76. The van der Waals surface area contributed by atoms with Gasteiger partial charge >= 0.3 is 0 Å². The van der Waals surface area contributed by atoms with Gasteiger partial charge in [0.05, 0.1) is 17.8 Å². The number of hydrogen-bond acceptors (Lipinski definition) is 4. The molecule has 1 saturated heterocycles. The summed E-state index contributed by atoms with van der Waals surface area (Å²) in [6.07, 6.45) is 5.07. The van der Waals surface area contributed by atoms with E-state index < -0.39 is 0 Å². The molecule has 1 aliphatic rings. The minimum atomic E-state index is 0.0893. The average Bonchev–Trinajstić information content (AvgIpc) is 3.05. The van der Waals surface area contributed by atoms with E-state index in [0.717, 1.165) is 19.6 Å². The maximum Gasteiger partial charge on any atom is 0.221 e. The Morgan fingerprint density at radius 1 is 1.62 bits per heavy atom. The van der Waals surface area contributed by atoms with E-state index in [0.29, 0.717) is 30.6 Å². The number of carbonyl (C=O) groups is 1. The quantitative estimate of drug-likeness (QED) is 0.804. The van der Waals surface area contributed by atoms with Gasteiger partial charge in [-0.2, -0.15) is 5.10 Å². The van der Waals surface area contributed by atoms with E-state index in [1.54, 1.807) is 17.1 Å². The maximum absolute atomic E-state index is 11.8. The van der Waals surface area contributed by atoms with E-state index in [9.17, 15) is 4.79 Å². The molecule has 0 aliphatic carbocycles. The van der Waals surface area contributed by atoms with Crippen molar-refractivity contribution in [2.24, 2.45) is 0 Å². The predicted molar refractivity (Wildman–Crippen MR) is 83.4 cm³/mol. The summed E-state index contributed by atoms with van der Waals surface area (Å²) in [6, 6.07) is 0.578. The summed E-state index contributed by atoms with van der Waals surface area (Å²) in [6.45, 7) is 4.26. The molecule has 0 radical (unpaired) electrons. The Labute approximate surface area is 131 Å². The Morgan fingerprint density at radius 3 is 3.05 bits per heavy atom. The summed E-state index contributed by atoms with van der Waals surface area (Å²) in [4.78, 5) is 16.4. The Kier molecular flexibility index (Phi) is 6.02. The van der Waals surface area contributed by atoms with Gasteiger partial charge in [0.15, 0.2) is 0 Å². The molecule has 0 saturated carbocycles. The van der Waals surface area contributed by atoms with Gasteiger partial charge in [-0.1, -0.05) is 11.6 Å². The molecule has 1 aromatic heterocycles. The summed E-state index contributed by atoms with van der Waals surface area (Å²) in [7, 11) is 4.24. The fourth-order valence-corrected chi connectivity index (χ4v) is 2.75. The number of likely N-dealkylation sites (N-methyl/N-ethyl adjacent to an activating group) is 2. The van der Waals surface area contributed by atoms with Crippen LogP contribution < -0.4 is 5.32 Å². The Bertz CT molecular complexity index is 464. The van der Waals surface area contributed by atoms with Crippen LogP contribution in [0.5, 0.6) is 0 Å². The van der Waals surface area contributed by atoms with E-state index in [4.69, 9.17) is 11.6 Å². The van der Waals surface area contributed by atoms with Gasteiger partial charge in [0, 0.05) is 38.3 Å². The standard InChI is InChI=1S/C14H24ClN5O/c1-18-6-3-13(11-18)19(2)7-4-14(21)16-5-8-20-10-12(15)9-17-20/h9-10,13H,3-8,11H2,1-2H3,(H,16,21)/t13-/m0/s1. The molecule has 2 heterocycles. The number of hydrogen-bond donors (Lipinski definition) is 1. The molecule has 6 nitrogen and oxygen atoms in total. The van der Waals surface area contributed by atoms with Crippen LogP contribution in [0.4, 0.5) is 0 Å². The molecular weight excluding hydrogens is 290 g/mol. The number of carbonyl (C=O) groups excluding carboxylic acids is 1. The van der Waals surface area contributed by atoms with Crippen LogP contribution in [-0.4, -0.2) is 71.8 Å². The molecule has 1 atom stereocenters. The van der Waals surface area contributed by atoms with Gasteiger partial charge in [-0.15, -0.1) is 0 Å². The molecule has 1 aromatic rings. The zero-order chi connectivity index (χ0) is 15.2. The van der Waals surface area contributed by atoms with Crippen LogP contribution in [0.25, 0.3) is 0 Å². The van der Waals surface area contributed by atoms with Crippen LogP contribution in [-0.2, 0) is 11.3 Å². The van der Waals surface area contributed by atoms with Gasteiger partial charge in [0.25, 0.3) is 0 Å². The van der Waals surface area contributed by atoms with Crippen LogP contribution >= 0.6 is 11.6 Å². The second-order valence-electron chi connectivity index (χ2n) is 5.71. The van der Waals surface area contributed by atoms with Gasteiger partial charge in [0.1, 0.15) is 0 Å². The van der Waals surface area contributed by atoms with Crippen molar-refractivity contribution >= 4 is 17.5 Å². The third-order valence-corrected chi connectivity index (χ3v) is 4.14. The van der Waals surface area contributed by atoms with E-state index in [1.165, 1.54) is 6.42 Å². The molecule has 1 N–H and O–H groups in total. The first-order chi connectivity index (χ1) is 10.0. The van der Waals surface area contributed by atoms with Crippen LogP contribution in [0.2, 0.25) is 5.02 Å². The monoisotopic (exact) mass is 313 g/mol. The number of rotatable bonds is 7. The highest BCUT2D eigenvalue weighted by molar-refractivity contribution is 6.30. The van der Waals surface area contributed by atoms with Crippen molar-refractivity contribution in [3.05, 3.63) is 17.4 Å². The summed E-state index contributed by atoms with van der Waals surface area (Å²) < 4.78 is 1.73. The van der Waals surface area contributed by atoms with Gasteiger partial charge in [-0.3, -0.25) is 9.48 Å². The maximum atomic E-state index is 11.8. The number of likely N-dealkylation sites (tertiary alicyclic amines) is 1. The Balaban J connectivity index is 1.59. The largest absolute Gasteiger partial charge is 0.354 e. The highest BCUT2D eigenvalue weighted by Gasteiger charge is 2.23. The summed E-state index contributed by atoms with van der Waals surface area (Å²) >= 11 is 5.78. The van der Waals surface area contributed by atoms with Gasteiger partial charge in [-0.05, 0) is 27.1 Å². The van der Waals surface area contributed by atoms with E-state index in [1.807, 2.05) is 0 Å². The molecule has 1 fully saturated rings. The zero-order valence-corrected chi connectivity index (χ0v) is 13.5. The lowest BCUT2D eigenvalue weighted by molar-refractivity contribution is -0.121. The molecule has 0 bridgehead atoms. The lowest BCUT2D eigenvalue weighted by atomic mass is 10.2. The van der Waals surface area contributed by atoms with E-state index in [2.05, 4.69) is 34.3 Å². The molecule has 118 valence electrons. The number of halogens is 1. The summed E-state index contributed by atoms with van der Waals surface area (Å²) in [5.74, 6) is 0.0893. The van der Waals surface area contributed by atoms with Crippen molar-refractivity contribution in [3.8, 4) is 0 Å². The lowest BCUT2D eigenvalue weighted by Gasteiger charge is -2.23. The van der Waals surface area contributed by atoms with Crippen molar-refractivity contribution in [1.29, 1.82) is 0 Å². The number of amides is 1. The highest BCUT2D eigenvalue weighted by atomic mass is 35.5. The predicted octanol–water partition coefficient (Wildman–Crippen LogP) is 0.679. The lowest BCUT2D eigenvalue weighted by Crippen LogP contribution is -2.37. The minimum Gasteiger partial charge on any atom is -0.354 e. The highest BCUT2D eigenvalue weighted by Crippen LogP contribution is 2.12. The van der Waals surface area contributed by atoms with Crippen molar-refractivity contribution in [2.45, 2.75) is 25.4 Å². The van der Waals surface area contributed by atoms with Crippen molar-refractivity contribution < 1.29 is 4.79 Å². The fraction of sp³-hybridized carbons (Fsp3) is 0.714. The first-order valence-electron chi connectivity index (χ1n) is 7.38. The normalized spacial score (nSPS) is 19.3. The SMILES string of the molecule is CN1CC[C@H](N(C)CCC(=O)NCCn2cc(Cl)cn2)C1. The Hall–Kier alpha value is -1.11. The van der Waals surface area contributed by atoms with Crippen LogP contribution in [0, 0.1) is 0 Å². The van der Waals surface area contributed by atoms with Crippen molar-refractivity contribution in [1.82, 2.24) is 24.9 Å². The molecule has 0 unspecified atom stereocenters. The first kappa shape index (κ1) is 16.3. The van der Waals surface area contributed by atoms with Gasteiger partial charge in [-0.25, -0.2) is 0 Å². The van der Waals surface area contributed by atoms with Crippen LogP contribution in [0.15, 0.2) is 12.4 Å². The van der Waals surface area contributed by atoms with E-state index in [-0.39, 0.29) is 5.91 Å². The summed E-state index contributed by atoms with van der Waals surface area (Å²) in [5.41, 5.74) is 0. The summed E-state index contributed by atoms with van der Waals surface area (Å²) in [5, 5.41) is 7.60. The molecule has 21 heavy (non-hydrogen) atoms. The molecule has 0 aromatic carbocycles. The number of nitrogens with zero attached hydrogens (tertiary/aromatic N) is 4. The van der Waals surface area contributed by atoms with Crippen LogP contribution in [0.1, 0.15) is 12.8 Å². The van der Waals surface area contributed by atoms with Gasteiger partial charge < -0.3 is 15.1 Å².